The third-order valence-electron chi connectivity index (χ3n) is 3.96. The SMILES string of the molecule is Cc1cccc(NC[C@H]2CC[C@@H]2C)c1C. The Morgan fingerprint density at radius 3 is 2.67 bits per heavy atom. The summed E-state index contributed by atoms with van der Waals surface area (Å²) in [5.74, 6) is 1.81. The number of aryl methyl sites for hydroxylation is 1. The van der Waals surface area contributed by atoms with Crippen LogP contribution in [0, 0.1) is 25.7 Å². The zero-order valence-electron chi connectivity index (χ0n) is 10.0. The van der Waals surface area contributed by atoms with Crippen molar-refractivity contribution < 1.29 is 0 Å². The molecule has 1 fully saturated rings. The molecule has 1 saturated carbocycles. The molecule has 0 spiro atoms. The van der Waals surface area contributed by atoms with Crippen LogP contribution in [0.1, 0.15) is 30.9 Å². The van der Waals surface area contributed by atoms with Crippen LogP contribution < -0.4 is 5.32 Å². The minimum Gasteiger partial charge on any atom is -0.385 e. The van der Waals surface area contributed by atoms with E-state index >= 15 is 0 Å². The average molecular weight is 203 g/mol. The molecule has 1 N–H and O–H groups in total. The van der Waals surface area contributed by atoms with Gasteiger partial charge in [0.1, 0.15) is 0 Å². The highest BCUT2D eigenvalue weighted by Crippen LogP contribution is 2.33. The third kappa shape index (κ3) is 2.17. The molecule has 2 rings (SSSR count). The van der Waals surface area contributed by atoms with Crippen molar-refractivity contribution in [3.63, 3.8) is 0 Å². The van der Waals surface area contributed by atoms with Gasteiger partial charge in [-0.15, -0.1) is 0 Å². The van der Waals surface area contributed by atoms with Gasteiger partial charge in [0.25, 0.3) is 0 Å². The molecule has 1 aliphatic carbocycles. The van der Waals surface area contributed by atoms with Gasteiger partial charge in [0, 0.05) is 12.2 Å². The minimum atomic E-state index is 0.893. The van der Waals surface area contributed by atoms with E-state index in [9.17, 15) is 0 Å². The van der Waals surface area contributed by atoms with E-state index in [0.29, 0.717) is 0 Å². The van der Waals surface area contributed by atoms with Crippen LogP contribution in [0.2, 0.25) is 0 Å². The number of benzene rings is 1. The first kappa shape index (κ1) is 10.5. The van der Waals surface area contributed by atoms with E-state index < -0.39 is 0 Å². The van der Waals surface area contributed by atoms with E-state index in [0.717, 1.165) is 18.4 Å². The van der Waals surface area contributed by atoms with E-state index in [-0.39, 0.29) is 0 Å². The number of hydrogen-bond donors (Lipinski definition) is 1. The summed E-state index contributed by atoms with van der Waals surface area (Å²) in [6, 6.07) is 6.49. The largest absolute Gasteiger partial charge is 0.385 e. The summed E-state index contributed by atoms with van der Waals surface area (Å²) < 4.78 is 0. The minimum absolute atomic E-state index is 0.893. The smallest absolute Gasteiger partial charge is 0.0372 e. The zero-order valence-corrected chi connectivity index (χ0v) is 10.0. The Balaban J connectivity index is 1.96. The Kier molecular flexibility index (Phi) is 2.99. The molecular weight excluding hydrogens is 182 g/mol. The van der Waals surface area contributed by atoms with Crippen LogP contribution in [0.4, 0.5) is 5.69 Å². The molecule has 1 nitrogen and oxygen atoms in total. The van der Waals surface area contributed by atoms with Crippen molar-refractivity contribution in [1.29, 1.82) is 0 Å². The fraction of sp³-hybridized carbons (Fsp3) is 0.571. The van der Waals surface area contributed by atoms with Gasteiger partial charge in [-0.2, -0.15) is 0 Å². The monoisotopic (exact) mass is 203 g/mol. The van der Waals surface area contributed by atoms with Crippen molar-refractivity contribution in [2.75, 3.05) is 11.9 Å². The lowest BCUT2D eigenvalue weighted by Gasteiger charge is -2.34. The van der Waals surface area contributed by atoms with E-state index in [1.54, 1.807) is 0 Å². The van der Waals surface area contributed by atoms with Gasteiger partial charge in [-0.05, 0) is 49.3 Å². The number of anilines is 1. The molecule has 0 radical (unpaired) electrons. The predicted molar refractivity (Wildman–Crippen MR) is 66.3 cm³/mol. The quantitative estimate of drug-likeness (QED) is 0.788. The van der Waals surface area contributed by atoms with Gasteiger partial charge in [0.05, 0.1) is 0 Å². The Morgan fingerprint density at radius 1 is 1.27 bits per heavy atom. The highest BCUT2D eigenvalue weighted by Gasteiger charge is 2.26. The Morgan fingerprint density at radius 2 is 2.07 bits per heavy atom. The summed E-state index contributed by atoms with van der Waals surface area (Å²) in [6.07, 6.45) is 2.82. The molecule has 1 heteroatoms. The average Bonchev–Trinajstić information content (AvgIpc) is 2.22. The molecule has 0 aromatic heterocycles. The molecule has 0 bridgehead atoms. The van der Waals surface area contributed by atoms with Crippen molar-refractivity contribution in [2.24, 2.45) is 11.8 Å². The van der Waals surface area contributed by atoms with Crippen molar-refractivity contribution in [2.45, 2.75) is 33.6 Å². The number of rotatable bonds is 3. The molecule has 1 aliphatic rings. The van der Waals surface area contributed by atoms with Crippen LogP contribution in [0.3, 0.4) is 0 Å². The highest BCUT2D eigenvalue weighted by molar-refractivity contribution is 5.53. The first-order valence-corrected chi connectivity index (χ1v) is 5.98. The van der Waals surface area contributed by atoms with Crippen LogP contribution in [0.15, 0.2) is 18.2 Å². The normalized spacial score (nSPS) is 24.7. The van der Waals surface area contributed by atoms with Gasteiger partial charge in [-0.3, -0.25) is 0 Å². The maximum absolute atomic E-state index is 3.59. The summed E-state index contributed by atoms with van der Waals surface area (Å²) in [5.41, 5.74) is 4.08. The van der Waals surface area contributed by atoms with E-state index in [4.69, 9.17) is 0 Å². The lowest BCUT2D eigenvalue weighted by atomic mass is 9.75. The van der Waals surface area contributed by atoms with Gasteiger partial charge in [0.15, 0.2) is 0 Å². The van der Waals surface area contributed by atoms with Crippen LogP contribution in [-0.4, -0.2) is 6.54 Å². The molecule has 15 heavy (non-hydrogen) atoms. The third-order valence-corrected chi connectivity index (χ3v) is 3.96. The van der Waals surface area contributed by atoms with Crippen LogP contribution in [0.5, 0.6) is 0 Å². The van der Waals surface area contributed by atoms with Crippen molar-refractivity contribution in [3.05, 3.63) is 29.3 Å². The van der Waals surface area contributed by atoms with E-state index in [2.05, 4.69) is 44.3 Å². The summed E-state index contributed by atoms with van der Waals surface area (Å²) in [6.45, 7) is 7.87. The molecule has 1 aromatic carbocycles. The standard InChI is InChI=1S/C14H21N/c1-10-5-4-6-14(12(10)3)15-9-13-8-7-11(13)2/h4-6,11,13,15H,7-9H2,1-3H3/t11-,13+/m0/s1. The first-order valence-electron chi connectivity index (χ1n) is 5.98. The molecule has 0 unspecified atom stereocenters. The van der Waals surface area contributed by atoms with Crippen molar-refractivity contribution >= 4 is 5.69 Å². The van der Waals surface area contributed by atoms with Gasteiger partial charge in [-0.25, -0.2) is 0 Å². The molecule has 0 saturated heterocycles. The van der Waals surface area contributed by atoms with Crippen LogP contribution >= 0.6 is 0 Å². The van der Waals surface area contributed by atoms with E-state index in [1.807, 2.05) is 0 Å². The fourth-order valence-electron chi connectivity index (χ4n) is 2.22. The number of hydrogen-bond acceptors (Lipinski definition) is 1. The molecule has 82 valence electrons. The Hall–Kier alpha value is -0.980. The molecular formula is C14H21N. The summed E-state index contributed by atoms with van der Waals surface area (Å²) in [4.78, 5) is 0. The van der Waals surface area contributed by atoms with Crippen LogP contribution in [0.25, 0.3) is 0 Å². The van der Waals surface area contributed by atoms with Gasteiger partial charge >= 0.3 is 0 Å². The maximum Gasteiger partial charge on any atom is 0.0372 e. The second-order valence-electron chi connectivity index (χ2n) is 4.94. The molecule has 0 aliphatic heterocycles. The lowest BCUT2D eigenvalue weighted by molar-refractivity contribution is 0.210. The van der Waals surface area contributed by atoms with Gasteiger partial charge < -0.3 is 5.32 Å². The molecule has 1 aromatic rings. The van der Waals surface area contributed by atoms with E-state index in [1.165, 1.54) is 29.7 Å². The van der Waals surface area contributed by atoms with Gasteiger partial charge in [-0.1, -0.05) is 25.5 Å². The first-order chi connectivity index (χ1) is 7.18. The molecule has 0 heterocycles. The van der Waals surface area contributed by atoms with Crippen molar-refractivity contribution in [1.82, 2.24) is 0 Å². The second kappa shape index (κ2) is 4.26. The fourth-order valence-corrected chi connectivity index (χ4v) is 2.22. The zero-order chi connectivity index (χ0) is 10.8. The lowest BCUT2D eigenvalue weighted by Crippen LogP contribution is -2.29. The van der Waals surface area contributed by atoms with Crippen LogP contribution in [-0.2, 0) is 0 Å². The summed E-state index contributed by atoms with van der Waals surface area (Å²) in [7, 11) is 0. The predicted octanol–water partition coefficient (Wildman–Crippen LogP) is 3.76. The topological polar surface area (TPSA) is 12.0 Å². The Bertz CT molecular complexity index is 343. The molecule has 2 atom stereocenters. The summed E-state index contributed by atoms with van der Waals surface area (Å²) >= 11 is 0. The Labute approximate surface area is 92.9 Å². The van der Waals surface area contributed by atoms with Crippen molar-refractivity contribution in [3.8, 4) is 0 Å². The summed E-state index contributed by atoms with van der Waals surface area (Å²) in [5, 5.41) is 3.59. The van der Waals surface area contributed by atoms with Gasteiger partial charge in [0.2, 0.25) is 0 Å². The number of nitrogens with one attached hydrogen (secondary N) is 1. The second-order valence-corrected chi connectivity index (χ2v) is 4.94. The highest BCUT2D eigenvalue weighted by atomic mass is 14.9. The molecule has 0 amide bonds. The maximum atomic E-state index is 3.59.